The van der Waals surface area contributed by atoms with Crippen LogP contribution in [0, 0.1) is 11.6 Å². The van der Waals surface area contributed by atoms with Crippen LogP contribution < -0.4 is 4.74 Å². The summed E-state index contributed by atoms with van der Waals surface area (Å²) in [5.41, 5.74) is 0. The Hall–Kier alpha value is -0.680. The quantitative estimate of drug-likeness (QED) is 0.911. The van der Waals surface area contributed by atoms with Crippen molar-refractivity contribution >= 4 is 15.9 Å². The van der Waals surface area contributed by atoms with Crippen LogP contribution in [0.25, 0.3) is 0 Å². The molecular weight excluding hydrogens is 258 g/mol. The smallest absolute Gasteiger partial charge is 0.191 e. The lowest BCUT2D eigenvalue weighted by molar-refractivity contribution is 0.121. The van der Waals surface area contributed by atoms with Gasteiger partial charge in [0.25, 0.3) is 0 Å². The number of halogens is 3. The Bertz CT molecular complexity index is 308. The maximum Gasteiger partial charge on any atom is 0.191 e. The number of hydrogen-bond donors (Lipinski definition) is 1. The van der Waals surface area contributed by atoms with Gasteiger partial charge in [-0.3, -0.25) is 0 Å². The molecule has 0 radical (unpaired) electrons. The summed E-state index contributed by atoms with van der Waals surface area (Å²) < 4.78 is 31.4. The minimum Gasteiger partial charge on any atom is -0.482 e. The van der Waals surface area contributed by atoms with E-state index in [1.165, 1.54) is 6.92 Å². The third-order valence-corrected chi connectivity index (χ3v) is 2.00. The third kappa shape index (κ3) is 2.65. The van der Waals surface area contributed by atoms with Crippen molar-refractivity contribution in [3.05, 3.63) is 28.2 Å². The predicted molar refractivity (Wildman–Crippen MR) is 51.2 cm³/mol. The van der Waals surface area contributed by atoms with Crippen LogP contribution in [0.1, 0.15) is 6.92 Å². The van der Waals surface area contributed by atoms with Gasteiger partial charge in [-0.05, 0) is 19.1 Å². The third-order valence-electron chi connectivity index (χ3n) is 1.54. The maximum absolute atomic E-state index is 13.1. The molecule has 0 amide bonds. The fourth-order valence-electron chi connectivity index (χ4n) is 0.880. The van der Waals surface area contributed by atoms with Crippen LogP contribution >= 0.6 is 15.9 Å². The summed E-state index contributed by atoms with van der Waals surface area (Å²) >= 11 is 2.95. The van der Waals surface area contributed by atoms with Gasteiger partial charge in [0.2, 0.25) is 0 Å². The molecule has 2 nitrogen and oxygen atoms in total. The lowest BCUT2D eigenvalue weighted by atomic mass is 10.3. The zero-order valence-electron chi connectivity index (χ0n) is 7.43. The molecule has 14 heavy (non-hydrogen) atoms. The van der Waals surface area contributed by atoms with E-state index in [1.54, 1.807) is 0 Å². The number of benzene rings is 1. The molecule has 0 aliphatic heterocycles. The van der Waals surface area contributed by atoms with E-state index in [0.717, 1.165) is 12.1 Å². The summed E-state index contributed by atoms with van der Waals surface area (Å²) in [6, 6.07) is 2.20. The average Bonchev–Trinajstić information content (AvgIpc) is 2.10. The highest BCUT2D eigenvalue weighted by molar-refractivity contribution is 9.10. The Balaban J connectivity index is 2.96. The molecule has 0 fully saturated rings. The average molecular weight is 267 g/mol. The van der Waals surface area contributed by atoms with Crippen LogP contribution in [0.4, 0.5) is 8.78 Å². The lowest BCUT2D eigenvalue weighted by Gasteiger charge is -2.13. The first-order valence-electron chi connectivity index (χ1n) is 3.96. The first-order chi connectivity index (χ1) is 6.54. The predicted octanol–water partition coefficient (Wildman–Crippen LogP) is 2.49. The summed E-state index contributed by atoms with van der Waals surface area (Å²) in [6.07, 6.45) is -0.639. The SMILES string of the molecule is C[C@H](CO)Oc1c(F)cc(Br)cc1F. The van der Waals surface area contributed by atoms with Crippen LogP contribution in [-0.4, -0.2) is 17.8 Å². The minimum absolute atomic E-state index is 0.297. The Morgan fingerprint density at radius 2 is 1.93 bits per heavy atom. The Morgan fingerprint density at radius 1 is 1.43 bits per heavy atom. The Labute approximate surface area is 88.6 Å². The summed E-state index contributed by atoms with van der Waals surface area (Å²) in [4.78, 5) is 0. The summed E-state index contributed by atoms with van der Waals surface area (Å²) in [5.74, 6) is -2.05. The van der Waals surface area contributed by atoms with Gasteiger partial charge < -0.3 is 9.84 Å². The van der Waals surface area contributed by atoms with E-state index in [9.17, 15) is 8.78 Å². The standard InChI is InChI=1S/C9H9BrF2O2/c1-5(4-13)14-9-7(11)2-6(10)3-8(9)12/h2-3,5,13H,4H2,1H3/t5-/m1/s1. The molecule has 78 valence electrons. The van der Waals surface area contributed by atoms with E-state index < -0.39 is 23.5 Å². The zero-order valence-corrected chi connectivity index (χ0v) is 9.01. The van der Waals surface area contributed by atoms with E-state index in [4.69, 9.17) is 9.84 Å². The summed E-state index contributed by atoms with van der Waals surface area (Å²) in [5, 5.41) is 8.65. The Morgan fingerprint density at radius 3 is 2.36 bits per heavy atom. The van der Waals surface area contributed by atoms with Crippen molar-refractivity contribution in [3.63, 3.8) is 0 Å². The largest absolute Gasteiger partial charge is 0.482 e. The van der Waals surface area contributed by atoms with E-state index in [2.05, 4.69) is 15.9 Å². The molecule has 0 aliphatic carbocycles. The lowest BCUT2D eigenvalue weighted by Crippen LogP contribution is -2.17. The van der Waals surface area contributed by atoms with Crippen LogP contribution in [0.15, 0.2) is 16.6 Å². The van der Waals surface area contributed by atoms with Gasteiger partial charge >= 0.3 is 0 Å². The number of aliphatic hydroxyl groups excluding tert-OH is 1. The molecule has 0 saturated carbocycles. The van der Waals surface area contributed by atoms with E-state index >= 15 is 0 Å². The first-order valence-corrected chi connectivity index (χ1v) is 4.76. The van der Waals surface area contributed by atoms with Gasteiger partial charge in [-0.25, -0.2) is 8.78 Å². The molecule has 0 bridgehead atoms. The fourth-order valence-corrected chi connectivity index (χ4v) is 1.28. The molecular formula is C9H9BrF2O2. The molecule has 0 heterocycles. The molecule has 0 aromatic heterocycles. The highest BCUT2D eigenvalue weighted by Gasteiger charge is 2.14. The number of hydrogen-bond acceptors (Lipinski definition) is 2. The molecule has 0 unspecified atom stereocenters. The van der Waals surface area contributed by atoms with Crippen LogP contribution in [-0.2, 0) is 0 Å². The van der Waals surface area contributed by atoms with Gasteiger partial charge in [0, 0.05) is 4.47 Å². The normalized spacial score (nSPS) is 12.6. The van der Waals surface area contributed by atoms with E-state index in [0.29, 0.717) is 4.47 Å². The Kier molecular flexibility index (Phi) is 3.83. The van der Waals surface area contributed by atoms with Gasteiger partial charge in [-0.2, -0.15) is 0 Å². The van der Waals surface area contributed by atoms with Crippen molar-refractivity contribution in [1.82, 2.24) is 0 Å². The maximum atomic E-state index is 13.1. The number of rotatable bonds is 3. The van der Waals surface area contributed by atoms with Crippen molar-refractivity contribution in [2.45, 2.75) is 13.0 Å². The van der Waals surface area contributed by atoms with Gasteiger partial charge in [0.05, 0.1) is 6.61 Å². The van der Waals surface area contributed by atoms with Crippen molar-refractivity contribution in [1.29, 1.82) is 0 Å². The second-order valence-corrected chi connectivity index (χ2v) is 3.73. The van der Waals surface area contributed by atoms with Crippen molar-refractivity contribution < 1.29 is 18.6 Å². The second kappa shape index (κ2) is 4.70. The van der Waals surface area contributed by atoms with Gasteiger partial charge in [0.1, 0.15) is 6.10 Å². The van der Waals surface area contributed by atoms with Crippen LogP contribution in [0.5, 0.6) is 5.75 Å². The van der Waals surface area contributed by atoms with Gasteiger partial charge in [-0.15, -0.1) is 0 Å². The van der Waals surface area contributed by atoms with Gasteiger partial charge in [-0.1, -0.05) is 15.9 Å². The first kappa shape index (κ1) is 11.4. The monoisotopic (exact) mass is 266 g/mol. The molecule has 5 heteroatoms. The molecule has 1 atom stereocenters. The minimum atomic E-state index is -0.794. The highest BCUT2D eigenvalue weighted by atomic mass is 79.9. The second-order valence-electron chi connectivity index (χ2n) is 2.81. The number of ether oxygens (including phenoxy) is 1. The van der Waals surface area contributed by atoms with Crippen LogP contribution in [0.2, 0.25) is 0 Å². The van der Waals surface area contributed by atoms with E-state index in [-0.39, 0.29) is 6.61 Å². The van der Waals surface area contributed by atoms with Crippen molar-refractivity contribution in [3.8, 4) is 5.75 Å². The zero-order chi connectivity index (χ0) is 10.7. The highest BCUT2D eigenvalue weighted by Crippen LogP contribution is 2.26. The molecule has 1 aromatic carbocycles. The molecule has 1 aromatic rings. The van der Waals surface area contributed by atoms with Crippen molar-refractivity contribution in [2.24, 2.45) is 0 Å². The topological polar surface area (TPSA) is 29.5 Å². The van der Waals surface area contributed by atoms with E-state index in [1.807, 2.05) is 0 Å². The van der Waals surface area contributed by atoms with Crippen LogP contribution in [0.3, 0.4) is 0 Å². The summed E-state index contributed by atoms with van der Waals surface area (Å²) in [7, 11) is 0. The molecule has 0 spiro atoms. The molecule has 1 rings (SSSR count). The number of aliphatic hydroxyl groups is 1. The summed E-state index contributed by atoms with van der Waals surface area (Å²) in [6.45, 7) is 1.22. The molecule has 0 aliphatic rings. The fraction of sp³-hybridized carbons (Fsp3) is 0.333. The molecule has 1 N–H and O–H groups in total. The molecule has 0 saturated heterocycles. The van der Waals surface area contributed by atoms with Crippen molar-refractivity contribution in [2.75, 3.05) is 6.61 Å². The van der Waals surface area contributed by atoms with Gasteiger partial charge in [0.15, 0.2) is 17.4 Å².